The van der Waals surface area contributed by atoms with Crippen LogP contribution in [-0.2, 0) is 0 Å². The second kappa shape index (κ2) is 5.70. The molecule has 100 valence electrons. The van der Waals surface area contributed by atoms with E-state index in [1.807, 2.05) is 6.07 Å². The van der Waals surface area contributed by atoms with Crippen LogP contribution < -0.4 is 4.90 Å². The van der Waals surface area contributed by atoms with Crippen LogP contribution in [0.4, 0.5) is 10.1 Å². The van der Waals surface area contributed by atoms with Gasteiger partial charge >= 0.3 is 0 Å². The second-order valence-electron chi connectivity index (χ2n) is 5.07. The fourth-order valence-corrected chi connectivity index (χ4v) is 3.03. The maximum absolute atomic E-state index is 13.9. The lowest BCUT2D eigenvalue weighted by molar-refractivity contribution is 0.194. The Morgan fingerprint density at radius 3 is 2.61 bits per heavy atom. The van der Waals surface area contributed by atoms with Gasteiger partial charge in [-0.2, -0.15) is 0 Å². The lowest BCUT2D eigenvalue weighted by Crippen LogP contribution is -2.34. The monoisotopic (exact) mass is 251 g/mol. The van der Waals surface area contributed by atoms with E-state index in [1.54, 1.807) is 13.0 Å². The first-order chi connectivity index (χ1) is 8.65. The standard InChI is InChI=1S/C15H22FNO/c1-3-17(12-7-4-5-8-12)14-10-6-9-13(16)15(14)11(2)18/h6,9-12,18H,3-5,7-8H2,1-2H3/t11-/m0/s1. The van der Waals surface area contributed by atoms with Crippen molar-refractivity contribution in [3.05, 3.63) is 29.6 Å². The largest absolute Gasteiger partial charge is 0.389 e. The van der Waals surface area contributed by atoms with Crippen molar-refractivity contribution in [2.45, 2.75) is 51.7 Å². The average Bonchev–Trinajstić information content (AvgIpc) is 2.83. The number of hydrogen-bond acceptors (Lipinski definition) is 2. The number of anilines is 1. The van der Waals surface area contributed by atoms with Crippen molar-refractivity contribution in [1.29, 1.82) is 0 Å². The van der Waals surface area contributed by atoms with Crippen LogP contribution in [0.3, 0.4) is 0 Å². The number of rotatable bonds is 4. The van der Waals surface area contributed by atoms with Gasteiger partial charge in [-0.1, -0.05) is 18.9 Å². The first-order valence-electron chi connectivity index (χ1n) is 6.88. The third-order valence-electron chi connectivity index (χ3n) is 3.86. The zero-order chi connectivity index (χ0) is 13.1. The van der Waals surface area contributed by atoms with Gasteiger partial charge in [0.15, 0.2) is 0 Å². The highest BCUT2D eigenvalue weighted by Gasteiger charge is 2.25. The van der Waals surface area contributed by atoms with Crippen molar-refractivity contribution < 1.29 is 9.50 Å². The number of benzene rings is 1. The number of halogens is 1. The van der Waals surface area contributed by atoms with Gasteiger partial charge in [-0.05, 0) is 38.8 Å². The highest BCUT2D eigenvalue weighted by atomic mass is 19.1. The lowest BCUT2D eigenvalue weighted by Gasteiger charge is -2.32. The molecular formula is C15H22FNO. The lowest BCUT2D eigenvalue weighted by atomic mass is 10.0. The van der Waals surface area contributed by atoms with Gasteiger partial charge in [-0.3, -0.25) is 0 Å². The molecule has 1 aromatic carbocycles. The Morgan fingerprint density at radius 1 is 1.39 bits per heavy atom. The van der Waals surface area contributed by atoms with Crippen LogP contribution in [0, 0.1) is 5.82 Å². The smallest absolute Gasteiger partial charge is 0.131 e. The molecule has 3 heteroatoms. The van der Waals surface area contributed by atoms with Gasteiger partial charge in [0.2, 0.25) is 0 Å². The van der Waals surface area contributed by atoms with Crippen molar-refractivity contribution in [2.24, 2.45) is 0 Å². The summed E-state index contributed by atoms with van der Waals surface area (Å²) in [5.74, 6) is -0.307. The third kappa shape index (κ3) is 2.51. The van der Waals surface area contributed by atoms with Crippen molar-refractivity contribution in [3.8, 4) is 0 Å². The molecule has 1 aromatic rings. The highest BCUT2D eigenvalue weighted by molar-refractivity contribution is 5.56. The quantitative estimate of drug-likeness (QED) is 0.883. The molecule has 1 aliphatic rings. The fraction of sp³-hybridized carbons (Fsp3) is 0.600. The maximum Gasteiger partial charge on any atom is 0.131 e. The molecule has 1 saturated carbocycles. The van der Waals surface area contributed by atoms with Gasteiger partial charge in [-0.15, -0.1) is 0 Å². The number of aliphatic hydroxyl groups excluding tert-OH is 1. The van der Waals surface area contributed by atoms with Crippen molar-refractivity contribution in [2.75, 3.05) is 11.4 Å². The Morgan fingerprint density at radius 2 is 2.06 bits per heavy atom. The first-order valence-corrected chi connectivity index (χ1v) is 6.88. The Balaban J connectivity index is 2.38. The van der Waals surface area contributed by atoms with Crippen LogP contribution in [-0.4, -0.2) is 17.7 Å². The van der Waals surface area contributed by atoms with Crippen LogP contribution in [0.15, 0.2) is 18.2 Å². The van der Waals surface area contributed by atoms with Crippen LogP contribution in [0.2, 0.25) is 0 Å². The van der Waals surface area contributed by atoms with E-state index in [0.29, 0.717) is 11.6 Å². The van der Waals surface area contributed by atoms with Gasteiger partial charge in [-0.25, -0.2) is 4.39 Å². The summed E-state index contributed by atoms with van der Waals surface area (Å²) in [6.07, 6.45) is 4.07. The Kier molecular flexibility index (Phi) is 4.23. The van der Waals surface area contributed by atoms with Crippen LogP contribution >= 0.6 is 0 Å². The minimum absolute atomic E-state index is 0.307. The molecule has 0 bridgehead atoms. The van der Waals surface area contributed by atoms with Crippen LogP contribution in [0.5, 0.6) is 0 Å². The van der Waals surface area contributed by atoms with E-state index < -0.39 is 6.10 Å². The molecule has 1 atom stereocenters. The van der Waals surface area contributed by atoms with Gasteiger partial charge < -0.3 is 10.0 Å². The van der Waals surface area contributed by atoms with E-state index >= 15 is 0 Å². The second-order valence-corrected chi connectivity index (χ2v) is 5.07. The molecule has 0 heterocycles. The summed E-state index contributed by atoms with van der Waals surface area (Å²) in [6.45, 7) is 4.58. The molecule has 18 heavy (non-hydrogen) atoms. The summed E-state index contributed by atoms with van der Waals surface area (Å²) in [5.41, 5.74) is 1.30. The Bertz CT molecular complexity index is 399. The van der Waals surface area contributed by atoms with Crippen molar-refractivity contribution in [1.82, 2.24) is 0 Å². The van der Waals surface area contributed by atoms with E-state index in [1.165, 1.54) is 31.7 Å². The SMILES string of the molecule is CCN(c1cccc(F)c1[C@H](C)O)C1CCCC1. The van der Waals surface area contributed by atoms with Crippen molar-refractivity contribution >= 4 is 5.69 Å². The molecule has 2 rings (SSSR count). The minimum atomic E-state index is -0.767. The molecule has 1 aliphatic carbocycles. The van der Waals surface area contributed by atoms with Gasteiger partial charge in [0.25, 0.3) is 0 Å². The summed E-state index contributed by atoms with van der Waals surface area (Å²) >= 11 is 0. The molecule has 0 amide bonds. The summed E-state index contributed by atoms with van der Waals surface area (Å²) in [4.78, 5) is 2.25. The summed E-state index contributed by atoms with van der Waals surface area (Å²) in [7, 11) is 0. The zero-order valence-electron chi connectivity index (χ0n) is 11.2. The molecule has 0 unspecified atom stereocenters. The van der Waals surface area contributed by atoms with E-state index in [4.69, 9.17) is 0 Å². The first kappa shape index (κ1) is 13.3. The Hall–Kier alpha value is -1.09. The fourth-order valence-electron chi connectivity index (χ4n) is 3.03. The normalized spacial score (nSPS) is 18.0. The summed E-state index contributed by atoms with van der Waals surface area (Å²) in [6, 6.07) is 5.57. The molecule has 1 fully saturated rings. The molecule has 0 saturated heterocycles. The molecule has 0 aromatic heterocycles. The van der Waals surface area contributed by atoms with Crippen molar-refractivity contribution in [3.63, 3.8) is 0 Å². The highest BCUT2D eigenvalue weighted by Crippen LogP contribution is 2.34. The van der Waals surface area contributed by atoms with Gasteiger partial charge in [0, 0.05) is 23.8 Å². The minimum Gasteiger partial charge on any atom is -0.389 e. The molecule has 0 spiro atoms. The maximum atomic E-state index is 13.9. The molecule has 2 nitrogen and oxygen atoms in total. The van der Waals surface area contributed by atoms with E-state index in [2.05, 4.69) is 11.8 Å². The topological polar surface area (TPSA) is 23.5 Å². The zero-order valence-corrected chi connectivity index (χ0v) is 11.2. The summed E-state index contributed by atoms with van der Waals surface area (Å²) < 4.78 is 13.9. The molecular weight excluding hydrogens is 229 g/mol. The van der Waals surface area contributed by atoms with E-state index in [-0.39, 0.29) is 5.82 Å². The van der Waals surface area contributed by atoms with Crippen LogP contribution in [0.1, 0.15) is 51.2 Å². The van der Waals surface area contributed by atoms with E-state index in [0.717, 1.165) is 12.2 Å². The number of hydrogen-bond donors (Lipinski definition) is 1. The number of aliphatic hydroxyl groups is 1. The van der Waals surface area contributed by atoms with Gasteiger partial charge in [0.05, 0.1) is 6.10 Å². The van der Waals surface area contributed by atoms with E-state index in [9.17, 15) is 9.50 Å². The third-order valence-corrected chi connectivity index (χ3v) is 3.86. The Labute approximate surface area is 108 Å². The van der Waals surface area contributed by atoms with Gasteiger partial charge in [0.1, 0.15) is 5.82 Å². The molecule has 0 radical (unpaired) electrons. The predicted octanol–water partition coefficient (Wildman–Crippen LogP) is 3.65. The van der Waals surface area contributed by atoms with Crippen LogP contribution in [0.25, 0.3) is 0 Å². The molecule has 1 N–H and O–H groups in total. The molecule has 0 aliphatic heterocycles. The predicted molar refractivity (Wildman–Crippen MR) is 72.3 cm³/mol. The summed E-state index contributed by atoms with van der Waals surface area (Å²) in [5, 5.41) is 9.81. The number of nitrogens with zero attached hydrogens (tertiary/aromatic N) is 1. The average molecular weight is 251 g/mol.